The topological polar surface area (TPSA) is 40.8 Å². The highest BCUT2D eigenvalue weighted by Gasteiger charge is 2.18. The third-order valence-corrected chi connectivity index (χ3v) is 4.58. The second-order valence-corrected chi connectivity index (χ2v) is 6.32. The first-order valence-electron chi connectivity index (χ1n) is 8.50. The Labute approximate surface area is 143 Å². The Morgan fingerprint density at radius 1 is 1.08 bits per heavy atom. The number of aromatic nitrogens is 2. The van der Waals surface area contributed by atoms with Gasteiger partial charge in [0.15, 0.2) is 0 Å². The van der Waals surface area contributed by atoms with E-state index in [4.69, 9.17) is 0 Å². The zero-order valence-corrected chi connectivity index (χ0v) is 14.4. The van der Waals surface area contributed by atoms with Gasteiger partial charge in [0, 0.05) is 31.9 Å². The molecule has 0 saturated heterocycles. The molecule has 2 aromatic heterocycles. The molecule has 0 aliphatic carbocycles. The minimum atomic E-state index is 0.207. The molecule has 0 aliphatic heterocycles. The summed E-state index contributed by atoms with van der Waals surface area (Å²) in [7, 11) is 0. The number of aliphatic hydroxyl groups excluding tert-OH is 1. The van der Waals surface area contributed by atoms with Crippen LogP contribution in [0.15, 0.2) is 54.7 Å². The normalized spacial score (nSPS) is 12.8. The monoisotopic (exact) mass is 323 g/mol. The van der Waals surface area contributed by atoms with Crippen LogP contribution in [0.4, 0.5) is 0 Å². The Morgan fingerprint density at radius 3 is 2.58 bits per heavy atom. The molecule has 4 nitrogen and oxygen atoms in total. The first-order valence-corrected chi connectivity index (χ1v) is 8.50. The number of aryl methyl sites for hydroxylation is 1. The van der Waals surface area contributed by atoms with E-state index in [0.29, 0.717) is 6.04 Å². The number of pyridine rings is 1. The lowest BCUT2D eigenvalue weighted by molar-refractivity contribution is 0.151. The van der Waals surface area contributed by atoms with Crippen LogP contribution in [0.2, 0.25) is 0 Å². The number of hydrogen-bond acceptors (Lipinski definition) is 3. The highest BCUT2D eigenvalue weighted by atomic mass is 16.3. The second kappa shape index (κ2) is 7.60. The molecule has 0 saturated carbocycles. The fraction of sp³-hybridized carbons (Fsp3) is 0.350. The molecule has 1 atom stereocenters. The maximum atomic E-state index is 9.36. The van der Waals surface area contributed by atoms with Crippen LogP contribution in [0.3, 0.4) is 0 Å². The van der Waals surface area contributed by atoms with E-state index in [-0.39, 0.29) is 6.61 Å². The first kappa shape index (κ1) is 16.7. The highest BCUT2D eigenvalue weighted by molar-refractivity contribution is 5.42. The SMILES string of the molecule is Cc1nc2ccccn2c1CN(Cc1ccccc1)C(C)CCO. The van der Waals surface area contributed by atoms with E-state index in [2.05, 4.69) is 58.6 Å². The predicted molar refractivity (Wildman–Crippen MR) is 96.8 cm³/mol. The van der Waals surface area contributed by atoms with Gasteiger partial charge in [-0.1, -0.05) is 36.4 Å². The number of rotatable bonds is 7. The lowest BCUT2D eigenvalue weighted by Crippen LogP contribution is -2.33. The van der Waals surface area contributed by atoms with Gasteiger partial charge in [-0.3, -0.25) is 4.90 Å². The first-order chi connectivity index (χ1) is 11.7. The van der Waals surface area contributed by atoms with E-state index in [0.717, 1.165) is 30.9 Å². The smallest absolute Gasteiger partial charge is 0.137 e. The van der Waals surface area contributed by atoms with Gasteiger partial charge in [0.05, 0.1) is 11.4 Å². The van der Waals surface area contributed by atoms with Gasteiger partial charge in [0.2, 0.25) is 0 Å². The van der Waals surface area contributed by atoms with Gasteiger partial charge >= 0.3 is 0 Å². The Kier molecular flexibility index (Phi) is 5.28. The van der Waals surface area contributed by atoms with E-state index in [1.807, 2.05) is 24.3 Å². The minimum Gasteiger partial charge on any atom is -0.396 e. The highest BCUT2D eigenvalue weighted by Crippen LogP contribution is 2.19. The van der Waals surface area contributed by atoms with Gasteiger partial charge in [-0.05, 0) is 38.0 Å². The van der Waals surface area contributed by atoms with E-state index >= 15 is 0 Å². The van der Waals surface area contributed by atoms with E-state index in [9.17, 15) is 5.11 Å². The summed E-state index contributed by atoms with van der Waals surface area (Å²) in [6.07, 6.45) is 2.84. The summed E-state index contributed by atoms with van der Waals surface area (Å²) in [4.78, 5) is 7.08. The van der Waals surface area contributed by atoms with Crippen LogP contribution in [0.5, 0.6) is 0 Å². The molecule has 0 radical (unpaired) electrons. The van der Waals surface area contributed by atoms with Crippen LogP contribution in [-0.4, -0.2) is 32.0 Å². The van der Waals surface area contributed by atoms with E-state index in [1.54, 1.807) is 0 Å². The summed E-state index contributed by atoms with van der Waals surface area (Å²) in [5.74, 6) is 0. The lowest BCUT2D eigenvalue weighted by Gasteiger charge is -2.29. The van der Waals surface area contributed by atoms with Crippen LogP contribution in [0, 0.1) is 6.92 Å². The molecule has 24 heavy (non-hydrogen) atoms. The number of imidazole rings is 1. The van der Waals surface area contributed by atoms with Crippen molar-refractivity contribution in [1.82, 2.24) is 14.3 Å². The molecular weight excluding hydrogens is 298 g/mol. The van der Waals surface area contributed by atoms with Crippen molar-refractivity contribution in [3.8, 4) is 0 Å². The summed E-state index contributed by atoms with van der Waals surface area (Å²) in [5, 5.41) is 9.36. The third kappa shape index (κ3) is 3.66. The average Bonchev–Trinajstić information content (AvgIpc) is 2.91. The molecule has 0 bridgehead atoms. The zero-order valence-electron chi connectivity index (χ0n) is 14.4. The van der Waals surface area contributed by atoms with Crippen molar-refractivity contribution in [2.75, 3.05) is 6.61 Å². The number of nitrogens with zero attached hydrogens (tertiary/aromatic N) is 3. The largest absolute Gasteiger partial charge is 0.396 e. The molecule has 1 aromatic carbocycles. The summed E-state index contributed by atoms with van der Waals surface area (Å²) in [5.41, 5.74) is 4.55. The maximum Gasteiger partial charge on any atom is 0.137 e. The number of benzene rings is 1. The molecule has 126 valence electrons. The van der Waals surface area contributed by atoms with Crippen molar-refractivity contribution >= 4 is 5.65 Å². The zero-order chi connectivity index (χ0) is 16.9. The van der Waals surface area contributed by atoms with Gasteiger partial charge in [-0.25, -0.2) is 4.98 Å². The standard InChI is InChI=1S/C20H25N3O/c1-16(11-13-24)22(14-18-8-4-3-5-9-18)15-19-17(2)21-20-10-6-7-12-23(19)20/h3-10,12,16,24H,11,13-15H2,1-2H3. The molecule has 0 aliphatic rings. The number of hydrogen-bond donors (Lipinski definition) is 1. The molecule has 1 unspecified atom stereocenters. The molecule has 0 fully saturated rings. The van der Waals surface area contributed by atoms with Crippen LogP contribution < -0.4 is 0 Å². The molecule has 4 heteroatoms. The summed E-state index contributed by atoms with van der Waals surface area (Å²) < 4.78 is 2.17. The number of aliphatic hydroxyl groups is 1. The van der Waals surface area contributed by atoms with Crippen LogP contribution in [0.1, 0.15) is 30.3 Å². The lowest BCUT2D eigenvalue weighted by atomic mass is 10.1. The summed E-state index contributed by atoms with van der Waals surface area (Å²) in [6, 6.07) is 16.9. The fourth-order valence-corrected chi connectivity index (χ4v) is 3.10. The second-order valence-electron chi connectivity index (χ2n) is 6.32. The fourth-order valence-electron chi connectivity index (χ4n) is 3.10. The van der Waals surface area contributed by atoms with Crippen molar-refractivity contribution in [3.63, 3.8) is 0 Å². The van der Waals surface area contributed by atoms with Crippen LogP contribution in [-0.2, 0) is 13.1 Å². The van der Waals surface area contributed by atoms with Crippen molar-refractivity contribution in [2.45, 2.75) is 39.4 Å². The molecule has 2 heterocycles. The van der Waals surface area contributed by atoms with Crippen molar-refractivity contribution < 1.29 is 5.11 Å². The molecule has 0 spiro atoms. The quantitative estimate of drug-likeness (QED) is 0.724. The third-order valence-electron chi connectivity index (χ3n) is 4.58. The van der Waals surface area contributed by atoms with E-state index < -0.39 is 0 Å². The van der Waals surface area contributed by atoms with Crippen molar-refractivity contribution in [3.05, 3.63) is 71.7 Å². The van der Waals surface area contributed by atoms with Crippen molar-refractivity contribution in [2.24, 2.45) is 0 Å². The van der Waals surface area contributed by atoms with Gasteiger partial charge in [-0.2, -0.15) is 0 Å². The molecule has 3 rings (SSSR count). The van der Waals surface area contributed by atoms with Crippen molar-refractivity contribution in [1.29, 1.82) is 0 Å². The molecule has 1 N–H and O–H groups in total. The van der Waals surface area contributed by atoms with Gasteiger partial charge in [-0.15, -0.1) is 0 Å². The minimum absolute atomic E-state index is 0.207. The summed E-state index contributed by atoms with van der Waals surface area (Å²) in [6.45, 7) is 6.13. The molecular formula is C20H25N3O. The van der Waals surface area contributed by atoms with E-state index in [1.165, 1.54) is 11.3 Å². The predicted octanol–water partition coefficient (Wildman–Crippen LogP) is 3.42. The Morgan fingerprint density at radius 2 is 1.83 bits per heavy atom. The molecule has 3 aromatic rings. The van der Waals surface area contributed by atoms with Crippen LogP contribution >= 0.6 is 0 Å². The maximum absolute atomic E-state index is 9.36. The Bertz CT molecular complexity index is 782. The number of fused-ring (bicyclic) bond motifs is 1. The molecule has 0 amide bonds. The Hall–Kier alpha value is -2.17. The van der Waals surface area contributed by atoms with Gasteiger partial charge in [0.25, 0.3) is 0 Å². The van der Waals surface area contributed by atoms with Crippen LogP contribution in [0.25, 0.3) is 5.65 Å². The Balaban J connectivity index is 1.89. The van der Waals surface area contributed by atoms with Gasteiger partial charge in [0.1, 0.15) is 5.65 Å². The van der Waals surface area contributed by atoms with Gasteiger partial charge < -0.3 is 9.51 Å². The summed E-state index contributed by atoms with van der Waals surface area (Å²) >= 11 is 0. The average molecular weight is 323 g/mol.